The zero-order valence-electron chi connectivity index (χ0n) is 9.82. The summed E-state index contributed by atoms with van der Waals surface area (Å²) in [6.07, 6.45) is 0. The van der Waals surface area contributed by atoms with E-state index >= 15 is 0 Å². The Balaban J connectivity index is 1.95. The fourth-order valence-electron chi connectivity index (χ4n) is 2.30. The summed E-state index contributed by atoms with van der Waals surface area (Å²) in [7, 11) is 0. The van der Waals surface area contributed by atoms with Crippen molar-refractivity contribution in [2.75, 3.05) is 6.61 Å². The van der Waals surface area contributed by atoms with E-state index < -0.39 is 0 Å². The molecule has 3 rings (SSSR count). The Morgan fingerprint density at radius 2 is 2.17 bits per heavy atom. The van der Waals surface area contributed by atoms with Crippen molar-refractivity contribution in [3.05, 3.63) is 50.1 Å². The van der Waals surface area contributed by atoms with Gasteiger partial charge in [0.05, 0.1) is 11.4 Å². The van der Waals surface area contributed by atoms with Gasteiger partial charge in [0.25, 0.3) is 0 Å². The van der Waals surface area contributed by atoms with E-state index in [1.165, 1.54) is 19.8 Å². The number of para-hydroxylation sites is 1. The molecule has 1 aromatic heterocycles. The summed E-state index contributed by atoms with van der Waals surface area (Å²) in [5.41, 5.74) is 1.30. The van der Waals surface area contributed by atoms with Gasteiger partial charge in [-0.2, -0.15) is 0 Å². The zero-order chi connectivity index (χ0) is 12.7. The number of hydrogen-bond donors (Lipinski definition) is 0. The van der Waals surface area contributed by atoms with Gasteiger partial charge in [-0.25, -0.2) is 0 Å². The molecule has 1 nitrogen and oxygen atoms in total. The van der Waals surface area contributed by atoms with Crippen molar-refractivity contribution in [3.63, 3.8) is 0 Å². The third-order valence-corrected chi connectivity index (χ3v) is 6.63. The monoisotopic (exact) mass is 386 g/mol. The molecule has 1 aromatic carbocycles. The van der Waals surface area contributed by atoms with E-state index in [0.29, 0.717) is 10.7 Å². The van der Waals surface area contributed by atoms with Crippen molar-refractivity contribution in [1.82, 2.24) is 0 Å². The van der Waals surface area contributed by atoms with Crippen LogP contribution in [0.5, 0.6) is 5.75 Å². The van der Waals surface area contributed by atoms with Gasteiger partial charge < -0.3 is 4.74 Å². The first-order chi connectivity index (χ1) is 8.66. The summed E-state index contributed by atoms with van der Waals surface area (Å²) in [6, 6.07) is 10.5. The Kier molecular flexibility index (Phi) is 3.52. The molecule has 2 unspecified atom stereocenters. The van der Waals surface area contributed by atoms with Gasteiger partial charge in [-0.3, -0.25) is 0 Å². The molecule has 1 aliphatic rings. The van der Waals surface area contributed by atoms with Gasteiger partial charge in [-0.05, 0) is 35.0 Å². The second-order valence-electron chi connectivity index (χ2n) is 4.43. The molecule has 0 aliphatic carbocycles. The summed E-state index contributed by atoms with van der Waals surface area (Å²) in [5, 5.41) is 0. The minimum Gasteiger partial charge on any atom is -0.493 e. The van der Waals surface area contributed by atoms with Crippen LogP contribution in [0.25, 0.3) is 0 Å². The fraction of sp³-hybridized carbons (Fsp3) is 0.286. The Morgan fingerprint density at radius 1 is 1.39 bits per heavy atom. The van der Waals surface area contributed by atoms with Crippen molar-refractivity contribution >= 4 is 43.2 Å². The first-order valence-corrected chi connectivity index (χ1v) is 8.31. The Bertz CT molecular complexity index is 579. The van der Waals surface area contributed by atoms with Crippen LogP contribution in [-0.4, -0.2) is 6.61 Å². The summed E-state index contributed by atoms with van der Waals surface area (Å²) in [6.45, 7) is 2.89. The molecule has 0 bridgehead atoms. The van der Waals surface area contributed by atoms with Crippen molar-refractivity contribution in [2.45, 2.75) is 17.7 Å². The lowest BCUT2D eigenvalue weighted by Gasteiger charge is -2.15. The molecule has 2 aromatic rings. The predicted molar refractivity (Wildman–Crippen MR) is 83.1 cm³/mol. The zero-order valence-corrected chi connectivity index (χ0v) is 13.8. The van der Waals surface area contributed by atoms with E-state index in [9.17, 15) is 0 Å². The largest absolute Gasteiger partial charge is 0.493 e. The van der Waals surface area contributed by atoms with Crippen molar-refractivity contribution < 1.29 is 4.74 Å². The molecule has 2 atom stereocenters. The van der Waals surface area contributed by atoms with Gasteiger partial charge in [0.15, 0.2) is 0 Å². The van der Waals surface area contributed by atoms with Crippen LogP contribution >= 0.6 is 43.2 Å². The lowest BCUT2D eigenvalue weighted by atomic mass is 9.97. The first-order valence-electron chi connectivity index (χ1n) is 5.78. The van der Waals surface area contributed by atoms with Crippen LogP contribution in [0.2, 0.25) is 0 Å². The van der Waals surface area contributed by atoms with E-state index in [1.54, 1.807) is 0 Å². The highest BCUT2D eigenvalue weighted by molar-refractivity contribution is 9.11. The molecule has 1 aliphatic heterocycles. The van der Waals surface area contributed by atoms with Crippen LogP contribution in [0.1, 0.15) is 26.1 Å². The van der Waals surface area contributed by atoms with Crippen molar-refractivity contribution in [1.29, 1.82) is 0 Å². The summed E-state index contributed by atoms with van der Waals surface area (Å²) in [4.78, 5) is 2.97. The van der Waals surface area contributed by atoms with Crippen molar-refractivity contribution in [2.24, 2.45) is 0 Å². The minimum absolute atomic E-state index is 0.300. The van der Waals surface area contributed by atoms with E-state index in [4.69, 9.17) is 4.74 Å². The third kappa shape index (κ3) is 2.15. The molecule has 0 saturated carbocycles. The van der Waals surface area contributed by atoms with E-state index in [-0.39, 0.29) is 0 Å². The third-order valence-electron chi connectivity index (χ3n) is 3.18. The number of alkyl halides is 1. The highest BCUT2D eigenvalue weighted by Crippen LogP contribution is 2.49. The molecule has 94 valence electrons. The number of aryl methyl sites for hydroxylation is 1. The highest BCUT2D eigenvalue weighted by atomic mass is 79.9. The lowest BCUT2D eigenvalue weighted by molar-refractivity contribution is 0.330. The second kappa shape index (κ2) is 4.99. The maximum Gasteiger partial charge on any atom is 0.122 e. The quantitative estimate of drug-likeness (QED) is 0.624. The predicted octanol–water partition coefficient (Wildman–Crippen LogP) is 5.43. The molecule has 4 heteroatoms. The van der Waals surface area contributed by atoms with Crippen LogP contribution in [0.4, 0.5) is 0 Å². The topological polar surface area (TPSA) is 9.23 Å². The molecule has 0 radical (unpaired) electrons. The number of ether oxygens (including phenoxy) is 1. The van der Waals surface area contributed by atoms with E-state index in [2.05, 4.69) is 57.0 Å². The van der Waals surface area contributed by atoms with Gasteiger partial charge >= 0.3 is 0 Å². The van der Waals surface area contributed by atoms with Crippen LogP contribution in [0, 0.1) is 6.92 Å². The number of benzene rings is 1. The maximum atomic E-state index is 5.76. The van der Waals surface area contributed by atoms with Gasteiger partial charge in [0, 0.05) is 25.7 Å². The number of halogens is 2. The number of hydrogen-bond acceptors (Lipinski definition) is 2. The van der Waals surface area contributed by atoms with E-state index in [0.717, 1.165) is 12.4 Å². The number of thiophene rings is 1. The molecule has 0 N–H and O–H groups in total. The van der Waals surface area contributed by atoms with Gasteiger partial charge in [0.2, 0.25) is 0 Å². The van der Waals surface area contributed by atoms with Gasteiger partial charge in [-0.15, -0.1) is 11.3 Å². The highest BCUT2D eigenvalue weighted by Gasteiger charge is 2.32. The molecule has 0 saturated heterocycles. The number of rotatable bonds is 2. The van der Waals surface area contributed by atoms with Gasteiger partial charge in [0.1, 0.15) is 5.75 Å². The van der Waals surface area contributed by atoms with Crippen LogP contribution < -0.4 is 4.74 Å². The first kappa shape index (κ1) is 12.7. The normalized spacial score (nSPS) is 19.4. The molecular formula is C14H12Br2OS. The summed E-state index contributed by atoms with van der Waals surface area (Å²) >= 11 is 9.33. The fourth-order valence-corrected chi connectivity index (χ4v) is 5.51. The molecule has 2 heterocycles. The van der Waals surface area contributed by atoms with Crippen molar-refractivity contribution in [3.8, 4) is 5.75 Å². The average Bonchev–Trinajstić information content (AvgIpc) is 2.92. The summed E-state index contributed by atoms with van der Waals surface area (Å²) < 4.78 is 6.95. The van der Waals surface area contributed by atoms with Crippen LogP contribution in [-0.2, 0) is 0 Å². The van der Waals surface area contributed by atoms with Crippen LogP contribution in [0.3, 0.4) is 0 Å². The second-order valence-corrected chi connectivity index (χ2v) is 7.56. The molecule has 0 spiro atoms. The standard InChI is InChI=1S/C14H12Br2OS/c1-8-6-11(15)14(18-8)13(16)10-7-17-12-5-3-2-4-9(10)12/h2-6,10,13H,7H2,1H3. The molecule has 0 fully saturated rings. The lowest BCUT2D eigenvalue weighted by Crippen LogP contribution is -2.06. The van der Waals surface area contributed by atoms with Crippen LogP contribution in [0.15, 0.2) is 34.8 Å². The maximum absolute atomic E-state index is 5.76. The summed E-state index contributed by atoms with van der Waals surface area (Å²) in [5.74, 6) is 1.41. The Hall–Kier alpha value is -0.320. The minimum atomic E-state index is 0.300. The SMILES string of the molecule is Cc1cc(Br)c(C(Br)C2COc3ccccc32)s1. The average molecular weight is 388 g/mol. The molecular weight excluding hydrogens is 376 g/mol. The smallest absolute Gasteiger partial charge is 0.122 e. The van der Waals surface area contributed by atoms with E-state index in [1.807, 2.05) is 23.5 Å². The Morgan fingerprint density at radius 3 is 2.89 bits per heavy atom. The number of fused-ring (bicyclic) bond motifs is 1. The molecule has 18 heavy (non-hydrogen) atoms. The Labute approximate surface area is 127 Å². The van der Waals surface area contributed by atoms with Gasteiger partial charge in [-0.1, -0.05) is 34.1 Å². The molecule has 0 amide bonds.